The molecule has 6 nitrogen and oxygen atoms in total. The Morgan fingerprint density at radius 1 is 0.818 bits per heavy atom. The molecule has 0 saturated heterocycles. The van der Waals surface area contributed by atoms with Crippen LogP contribution < -0.4 is 16.0 Å². The predicted octanol–water partition coefficient (Wildman–Crippen LogP) is 7.76. The summed E-state index contributed by atoms with van der Waals surface area (Å²) in [4.78, 5) is 39.7. The van der Waals surface area contributed by atoms with Gasteiger partial charge >= 0.3 is 6.18 Å². The van der Waals surface area contributed by atoms with E-state index in [1.54, 1.807) is 67.6 Å². The summed E-state index contributed by atoms with van der Waals surface area (Å²) >= 11 is 1.17. The van der Waals surface area contributed by atoms with E-state index in [4.69, 9.17) is 0 Å². The minimum atomic E-state index is -4.54. The lowest BCUT2D eigenvalue weighted by Crippen LogP contribution is -2.30. The molecule has 1 unspecified atom stereocenters. The molecule has 0 saturated carbocycles. The average molecular weight is 622 g/mol. The molecule has 0 fully saturated rings. The Kier molecular flexibility index (Phi) is 10.6. The van der Waals surface area contributed by atoms with Crippen molar-refractivity contribution in [1.29, 1.82) is 0 Å². The molecule has 4 rings (SSSR count). The summed E-state index contributed by atoms with van der Waals surface area (Å²) in [6.07, 6.45) is -2.94. The Balaban J connectivity index is 1.50. The van der Waals surface area contributed by atoms with Gasteiger partial charge in [-0.1, -0.05) is 55.5 Å². The van der Waals surface area contributed by atoms with Gasteiger partial charge in [-0.25, -0.2) is 4.39 Å². The summed E-state index contributed by atoms with van der Waals surface area (Å²) in [5.74, 6) is -2.34. The van der Waals surface area contributed by atoms with E-state index in [0.717, 1.165) is 12.1 Å². The van der Waals surface area contributed by atoms with E-state index in [2.05, 4.69) is 16.0 Å². The number of halogens is 4. The summed E-state index contributed by atoms with van der Waals surface area (Å²) in [6, 6.07) is 25.0. The average Bonchev–Trinajstić information content (AvgIpc) is 3.00. The number of hydrogen-bond donors (Lipinski definition) is 3. The number of rotatable bonds is 10. The monoisotopic (exact) mass is 621 g/mol. The summed E-state index contributed by atoms with van der Waals surface area (Å²) in [7, 11) is 0. The molecule has 4 aromatic carbocycles. The van der Waals surface area contributed by atoms with Crippen LogP contribution in [0.5, 0.6) is 0 Å². The molecule has 0 bridgehead atoms. The minimum Gasteiger partial charge on any atom is -0.325 e. The van der Waals surface area contributed by atoms with Crippen LogP contribution in [-0.4, -0.2) is 23.0 Å². The Morgan fingerprint density at radius 2 is 1.48 bits per heavy atom. The second kappa shape index (κ2) is 14.5. The second-order valence-corrected chi connectivity index (χ2v) is 10.7. The molecule has 0 spiro atoms. The summed E-state index contributed by atoms with van der Waals surface area (Å²) in [6.45, 7) is 1.77. The molecule has 1 atom stereocenters. The van der Waals surface area contributed by atoms with Crippen LogP contribution in [0.2, 0.25) is 0 Å². The second-order valence-electron chi connectivity index (χ2n) is 9.46. The van der Waals surface area contributed by atoms with Gasteiger partial charge in [0.1, 0.15) is 11.5 Å². The van der Waals surface area contributed by atoms with Crippen LogP contribution in [0, 0.1) is 5.82 Å². The zero-order valence-corrected chi connectivity index (χ0v) is 24.1. The van der Waals surface area contributed by atoms with Gasteiger partial charge in [0, 0.05) is 27.4 Å². The van der Waals surface area contributed by atoms with Gasteiger partial charge < -0.3 is 16.0 Å². The van der Waals surface area contributed by atoms with E-state index in [0.29, 0.717) is 22.6 Å². The zero-order chi connectivity index (χ0) is 31.7. The van der Waals surface area contributed by atoms with Crippen molar-refractivity contribution in [1.82, 2.24) is 5.32 Å². The molecule has 0 heterocycles. The first-order valence-electron chi connectivity index (χ1n) is 13.4. The van der Waals surface area contributed by atoms with Gasteiger partial charge in [-0.2, -0.15) is 13.2 Å². The number of nitrogens with one attached hydrogen (secondary N) is 3. The maximum Gasteiger partial charge on any atom is 0.416 e. The van der Waals surface area contributed by atoms with Gasteiger partial charge in [-0.15, -0.1) is 11.8 Å². The third-order valence-electron chi connectivity index (χ3n) is 6.22. The van der Waals surface area contributed by atoms with Crippen molar-refractivity contribution in [2.75, 3.05) is 10.6 Å². The highest BCUT2D eigenvalue weighted by atomic mass is 32.2. The van der Waals surface area contributed by atoms with Gasteiger partial charge in [0.05, 0.1) is 10.8 Å². The number of carbonyl (C=O) groups excluding carboxylic acids is 3. The summed E-state index contributed by atoms with van der Waals surface area (Å²) in [5.41, 5.74) is -0.324. The van der Waals surface area contributed by atoms with Crippen molar-refractivity contribution < 1.29 is 31.9 Å². The predicted molar refractivity (Wildman–Crippen MR) is 163 cm³/mol. The Hall–Kier alpha value is -4.90. The quantitative estimate of drug-likeness (QED) is 0.0960. The number of alkyl halides is 3. The van der Waals surface area contributed by atoms with Gasteiger partial charge in [0.15, 0.2) is 0 Å². The number of carbonyl (C=O) groups is 3. The van der Waals surface area contributed by atoms with Gasteiger partial charge in [0.25, 0.3) is 11.8 Å². The van der Waals surface area contributed by atoms with Crippen LogP contribution in [0.4, 0.5) is 28.9 Å². The number of amides is 3. The lowest BCUT2D eigenvalue weighted by atomic mass is 10.1. The lowest BCUT2D eigenvalue weighted by Gasteiger charge is -2.16. The molecule has 4 aromatic rings. The molecular weight excluding hydrogens is 594 g/mol. The van der Waals surface area contributed by atoms with Crippen molar-refractivity contribution in [2.24, 2.45) is 0 Å². The SMILES string of the molecule is CCC(Sc1cccc(NC(=O)/C(=C/c2ccccc2F)NC(=O)c2ccccc2)c1)C(=O)Nc1cccc(C(F)(F)F)c1. The van der Waals surface area contributed by atoms with Gasteiger partial charge in [-0.3, -0.25) is 14.4 Å². The van der Waals surface area contributed by atoms with E-state index in [9.17, 15) is 31.9 Å². The molecule has 44 heavy (non-hydrogen) atoms. The molecule has 226 valence electrons. The van der Waals surface area contributed by atoms with Gasteiger partial charge in [0.2, 0.25) is 5.91 Å². The first kappa shape index (κ1) is 32.0. The van der Waals surface area contributed by atoms with E-state index in [-0.39, 0.29) is 16.9 Å². The van der Waals surface area contributed by atoms with Crippen molar-refractivity contribution >= 4 is 46.9 Å². The summed E-state index contributed by atoms with van der Waals surface area (Å²) < 4.78 is 53.6. The Morgan fingerprint density at radius 3 is 2.16 bits per heavy atom. The van der Waals surface area contributed by atoms with Crippen LogP contribution >= 0.6 is 11.8 Å². The normalized spacial score (nSPS) is 12.2. The fourth-order valence-electron chi connectivity index (χ4n) is 4.02. The number of benzene rings is 4. The molecule has 0 aliphatic rings. The molecule has 0 aliphatic carbocycles. The third-order valence-corrected chi connectivity index (χ3v) is 7.58. The van der Waals surface area contributed by atoms with Crippen molar-refractivity contribution in [3.05, 3.63) is 131 Å². The van der Waals surface area contributed by atoms with Crippen LogP contribution in [0.1, 0.15) is 34.8 Å². The number of thioether (sulfide) groups is 1. The largest absolute Gasteiger partial charge is 0.416 e. The van der Waals surface area contributed by atoms with Gasteiger partial charge in [-0.05, 0) is 67.1 Å². The van der Waals surface area contributed by atoms with E-state index >= 15 is 0 Å². The maximum atomic E-state index is 14.4. The molecule has 3 N–H and O–H groups in total. The summed E-state index contributed by atoms with van der Waals surface area (Å²) in [5, 5.41) is 7.13. The van der Waals surface area contributed by atoms with Crippen molar-refractivity contribution in [3.63, 3.8) is 0 Å². The maximum absolute atomic E-state index is 14.4. The minimum absolute atomic E-state index is 0.0246. The van der Waals surface area contributed by atoms with E-state index in [1.165, 1.54) is 48.2 Å². The highest BCUT2D eigenvalue weighted by molar-refractivity contribution is 8.00. The first-order valence-corrected chi connectivity index (χ1v) is 14.3. The molecule has 3 amide bonds. The molecule has 0 aliphatic heterocycles. The van der Waals surface area contributed by atoms with Crippen LogP contribution in [0.3, 0.4) is 0 Å². The van der Waals surface area contributed by atoms with Crippen LogP contribution in [0.15, 0.2) is 114 Å². The van der Waals surface area contributed by atoms with Crippen molar-refractivity contribution in [2.45, 2.75) is 29.7 Å². The lowest BCUT2D eigenvalue weighted by molar-refractivity contribution is -0.137. The topological polar surface area (TPSA) is 87.3 Å². The Labute approximate surface area is 255 Å². The molecular formula is C33H27F4N3O3S. The molecule has 0 radical (unpaired) electrons. The number of anilines is 2. The number of hydrogen-bond acceptors (Lipinski definition) is 4. The fraction of sp³-hybridized carbons (Fsp3) is 0.121. The van der Waals surface area contributed by atoms with Crippen molar-refractivity contribution in [3.8, 4) is 0 Å². The zero-order valence-electron chi connectivity index (χ0n) is 23.3. The van der Waals surface area contributed by atoms with E-state index < -0.39 is 40.5 Å². The molecule has 11 heteroatoms. The fourth-order valence-corrected chi connectivity index (χ4v) is 5.03. The Bertz CT molecular complexity index is 1680. The smallest absolute Gasteiger partial charge is 0.325 e. The van der Waals surface area contributed by atoms with E-state index in [1.807, 2.05) is 0 Å². The third kappa shape index (κ3) is 8.81. The highest BCUT2D eigenvalue weighted by Crippen LogP contribution is 2.32. The first-order chi connectivity index (χ1) is 21.0. The van der Waals surface area contributed by atoms with Crippen LogP contribution in [-0.2, 0) is 15.8 Å². The standard InChI is InChI=1S/C33H27F4N3O3S/c1-2-29(32(43)39-24-14-8-13-23(19-24)33(35,36)37)44-26-16-9-15-25(20-26)38-31(42)28(18-22-12-6-7-17-27(22)34)40-30(41)21-10-4-3-5-11-21/h3-20,29H,2H2,1H3,(H,38,42)(H,39,43)(H,40,41)/b28-18-. The molecule has 0 aromatic heterocycles. The van der Waals surface area contributed by atoms with Crippen LogP contribution in [0.25, 0.3) is 6.08 Å². The highest BCUT2D eigenvalue weighted by Gasteiger charge is 2.30.